The molecule has 5 rings (SSSR count). The van der Waals surface area contributed by atoms with Gasteiger partial charge in [-0.25, -0.2) is 9.97 Å². The van der Waals surface area contributed by atoms with E-state index in [9.17, 15) is 0 Å². The van der Waals surface area contributed by atoms with Crippen molar-refractivity contribution in [1.29, 1.82) is 0 Å². The number of nitrogens with zero attached hydrogens (tertiary/aromatic N) is 2. The molecule has 0 aliphatic rings. The Morgan fingerprint density at radius 1 is 0.575 bits per heavy atom. The fourth-order valence-electron chi connectivity index (χ4n) is 6.19. The van der Waals surface area contributed by atoms with Gasteiger partial charge in [0.05, 0.1) is 11.4 Å². The van der Waals surface area contributed by atoms with E-state index in [-0.39, 0.29) is 5.92 Å². The van der Waals surface area contributed by atoms with Gasteiger partial charge < -0.3 is 0 Å². The van der Waals surface area contributed by atoms with Gasteiger partial charge in [-0.1, -0.05) is 133 Å². The maximum atomic E-state index is 4.87. The van der Waals surface area contributed by atoms with E-state index in [1.54, 1.807) is 6.33 Å². The van der Waals surface area contributed by atoms with Crippen molar-refractivity contribution < 1.29 is 0 Å². The lowest BCUT2D eigenvalue weighted by atomic mass is 9.81. The maximum Gasteiger partial charge on any atom is 0.116 e. The third kappa shape index (κ3) is 5.45. The molecule has 0 spiro atoms. The molecule has 40 heavy (non-hydrogen) atoms. The van der Waals surface area contributed by atoms with Crippen LogP contribution in [0.2, 0.25) is 0 Å². The summed E-state index contributed by atoms with van der Waals surface area (Å²) in [5.41, 5.74) is 11.6. The smallest absolute Gasteiger partial charge is 0.116 e. The lowest BCUT2D eigenvalue weighted by molar-refractivity contribution is 0.715. The summed E-state index contributed by atoms with van der Waals surface area (Å²) in [5.74, 6) is 1.44. The van der Waals surface area contributed by atoms with E-state index < -0.39 is 0 Å². The van der Waals surface area contributed by atoms with Crippen molar-refractivity contribution in [2.45, 2.75) is 78.6 Å². The van der Waals surface area contributed by atoms with Gasteiger partial charge >= 0.3 is 0 Å². The predicted molar refractivity (Wildman–Crippen MR) is 171 cm³/mol. The van der Waals surface area contributed by atoms with Gasteiger partial charge in [-0.3, -0.25) is 0 Å². The number of rotatable bonds is 8. The van der Waals surface area contributed by atoms with Crippen molar-refractivity contribution in [2.75, 3.05) is 0 Å². The monoisotopic (exact) mass is 526 g/mol. The van der Waals surface area contributed by atoms with E-state index in [1.165, 1.54) is 49.7 Å². The first-order chi connectivity index (χ1) is 19.3. The molecule has 0 aliphatic heterocycles. The second kappa shape index (κ2) is 11.8. The summed E-state index contributed by atoms with van der Waals surface area (Å²) in [4.78, 5) is 9.59. The Balaban J connectivity index is 1.60. The molecule has 0 amide bonds. The molecule has 0 fully saturated rings. The number of hydrogen-bond acceptors (Lipinski definition) is 2. The van der Waals surface area contributed by atoms with Gasteiger partial charge in [0.25, 0.3) is 0 Å². The highest BCUT2D eigenvalue weighted by Gasteiger charge is 2.22. The molecular formula is C38H42N2. The SMILES string of the molecule is CC(C)c1cc2cc(CC(C)c3ncnc(C(C)C)c3-c3ccccc3)ccc2c(C(C)C)c1-c1ccccc1. The van der Waals surface area contributed by atoms with Crippen LogP contribution in [0.5, 0.6) is 0 Å². The number of aromatic nitrogens is 2. The third-order valence-corrected chi connectivity index (χ3v) is 8.06. The highest BCUT2D eigenvalue weighted by Crippen LogP contribution is 2.42. The number of fused-ring (bicyclic) bond motifs is 1. The zero-order valence-electron chi connectivity index (χ0n) is 25.1. The molecule has 1 heterocycles. The minimum absolute atomic E-state index is 0.255. The van der Waals surface area contributed by atoms with Crippen LogP contribution in [0.15, 0.2) is 91.3 Å². The largest absolute Gasteiger partial charge is 0.240 e. The molecule has 1 unspecified atom stereocenters. The van der Waals surface area contributed by atoms with Crippen LogP contribution in [0.25, 0.3) is 33.0 Å². The van der Waals surface area contributed by atoms with Gasteiger partial charge in [0.15, 0.2) is 0 Å². The number of benzene rings is 4. The molecule has 0 bridgehead atoms. The van der Waals surface area contributed by atoms with Gasteiger partial charge in [0.1, 0.15) is 6.33 Å². The molecule has 0 saturated heterocycles. The van der Waals surface area contributed by atoms with Crippen molar-refractivity contribution in [1.82, 2.24) is 9.97 Å². The lowest BCUT2D eigenvalue weighted by Gasteiger charge is -2.24. The summed E-state index contributed by atoms with van der Waals surface area (Å²) < 4.78 is 0. The van der Waals surface area contributed by atoms with Gasteiger partial charge in [0, 0.05) is 11.5 Å². The summed E-state index contributed by atoms with van der Waals surface area (Å²) in [7, 11) is 0. The van der Waals surface area contributed by atoms with Crippen molar-refractivity contribution in [3.8, 4) is 22.3 Å². The molecule has 1 atom stereocenters. The highest BCUT2D eigenvalue weighted by molar-refractivity contribution is 5.95. The zero-order valence-corrected chi connectivity index (χ0v) is 25.1. The van der Waals surface area contributed by atoms with Crippen LogP contribution in [-0.4, -0.2) is 9.97 Å². The summed E-state index contributed by atoms with van der Waals surface area (Å²) >= 11 is 0. The summed E-state index contributed by atoms with van der Waals surface area (Å²) in [6.45, 7) is 16.0. The van der Waals surface area contributed by atoms with Crippen LogP contribution in [-0.2, 0) is 6.42 Å². The van der Waals surface area contributed by atoms with Crippen LogP contribution in [0.1, 0.15) is 100 Å². The molecule has 0 aliphatic carbocycles. The first-order valence-electron chi connectivity index (χ1n) is 14.8. The third-order valence-electron chi connectivity index (χ3n) is 8.06. The van der Waals surface area contributed by atoms with Crippen molar-refractivity contribution in [3.05, 3.63) is 119 Å². The number of hydrogen-bond donors (Lipinski definition) is 0. The van der Waals surface area contributed by atoms with E-state index in [0.29, 0.717) is 17.8 Å². The predicted octanol–water partition coefficient (Wildman–Crippen LogP) is 10.7. The minimum atomic E-state index is 0.255. The molecule has 0 N–H and O–H groups in total. The maximum absolute atomic E-state index is 4.87. The molecule has 0 radical (unpaired) electrons. The van der Waals surface area contributed by atoms with E-state index in [0.717, 1.165) is 17.8 Å². The van der Waals surface area contributed by atoms with E-state index in [4.69, 9.17) is 9.97 Å². The second-order valence-electron chi connectivity index (χ2n) is 12.1. The van der Waals surface area contributed by atoms with Gasteiger partial charge in [-0.15, -0.1) is 0 Å². The van der Waals surface area contributed by atoms with Crippen LogP contribution in [0, 0.1) is 0 Å². The molecule has 4 aromatic carbocycles. The Morgan fingerprint density at radius 2 is 1.18 bits per heavy atom. The Bertz CT molecular complexity index is 1600. The van der Waals surface area contributed by atoms with Gasteiger partial charge in [0.2, 0.25) is 0 Å². The molecule has 2 nitrogen and oxygen atoms in total. The lowest BCUT2D eigenvalue weighted by Crippen LogP contribution is -2.09. The summed E-state index contributed by atoms with van der Waals surface area (Å²) in [6, 6.07) is 31.1. The van der Waals surface area contributed by atoms with E-state index in [1.807, 2.05) is 0 Å². The standard InChI is InChI=1S/C38H42N2/c1-24(2)33-22-31-21-28(18-19-32(31)34(25(3)4)35(33)29-14-10-8-11-15-29)20-27(7)38-36(30-16-12-9-13-17-30)37(26(5)6)39-23-40-38/h8-19,21-27H,20H2,1-7H3. The van der Waals surface area contributed by atoms with Crippen LogP contribution >= 0.6 is 0 Å². The fourth-order valence-corrected chi connectivity index (χ4v) is 6.19. The Morgan fingerprint density at radius 3 is 1.75 bits per heavy atom. The van der Waals surface area contributed by atoms with Gasteiger partial charge in [-0.2, -0.15) is 0 Å². The average molecular weight is 527 g/mol. The highest BCUT2D eigenvalue weighted by atomic mass is 14.9. The Labute approximate surface area is 240 Å². The zero-order chi connectivity index (χ0) is 28.4. The van der Waals surface area contributed by atoms with Crippen molar-refractivity contribution in [3.63, 3.8) is 0 Å². The molecule has 1 aromatic heterocycles. The molecule has 5 aromatic rings. The van der Waals surface area contributed by atoms with Crippen molar-refractivity contribution >= 4 is 10.8 Å². The average Bonchev–Trinajstić information content (AvgIpc) is 2.96. The first kappa shape index (κ1) is 27.8. The molecular weight excluding hydrogens is 484 g/mol. The molecule has 204 valence electrons. The second-order valence-corrected chi connectivity index (χ2v) is 12.1. The first-order valence-corrected chi connectivity index (χ1v) is 14.8. The van der Waals surface area contributed by atoms with Crippen molar-refractivity contribution in [2.24, 2.45) is 0 Å². The molecule has 0 saturated carbocycles. The summed E-state index contributed by atoms with van der Waals surface area (Å²) in [6.07, 6.45) is 2.68. The van der Waals surface area contributed by atoms with E-state index >= 15 is 0 Å². The normalized spacial score (nSPS) is 12.6. The summed E-state index contributed by atoms with van der Waals surface area (Å²) in [5, 5.41) is 2.70. The quantitative estimate of drug-likeness (QED) is 0.201. The fraction of sp³-hybridized carbons (Fsp3) is 0.316. The van der Waals surface area contributed by atoms with Crippen LogP contribution < -0.4 is 0 Å². The Hall–Kier alpha value is -3.78. The molecule has 2 heteroatoms. The van der Waals surface area contributed by atoms with Crippen LogP contribution in [0.4, 0.5) is 0 Å². The van der Waals surface area contributed by atoms with Gasteiger partial charge in [-0.05, 0) is 68.3 Å². The van der Waals surface area contributed by atoms with E-state index in [2.05, 4.69) is 133 Å². The Kier molecular flexibility index (Phi) is 8.17. The minimum Gasteiger partial charge on any atom is -0.240 e. The topological polar surface area (TPSA) is 25.8 Å². The van der Waals surface area contributed by atoms with Crippen LogP contribution in [0.3, 0.4) is 0 Å².